The molecule has 0 unspecified atom stereocenters. The van der Waals surface area contributed by atoms with Gasteiger partial charge in [0, 0.05) is 15.6 Å². The third-order valence-electron chi connectivity index (χ3n) is 2.46. The number of carbonyl (C=O) groups is 2. The average molecular weight is 305 g/mol. The lowest BCUT2D eigenvalue weighted by Crippen LogP contribution is -2.04. The van der Waals surface area contributed by atoms with Crippen molar-refractivity contribution in [3.8, 4) is 0 Å². The monoisotopic (exact) mass is 304 g/mol. The summed E-state index contributed by atoms with van der Waals surface area (Å²) in [5.41, 5.74) is 0.996. The second-order valence-electron chi connectivity index (χ2n) is 3.73. The molecule has 0 saturated heterocycles. The minimum atomic E-state index is -1.04. The summed E-state index contributed by atoms with van der Waals surface area (Å²) in [6.45, 7) is 0. The van der Waals surface area contributed by atoms with E-state index in [-0.39, 0.29) is 11.3 Å². The van der Waals surface area contributed by atoms with Gasteiger partial charge in [0.15, 0.2) is 5.78 Å². The van der Waals surface area contributed by atoms with E-state index in [1.54, 1.807) is 30.3 Å². The molecule has 2 aromatic carbocycles. The third kappa shape index (κ3) is 2.65. The summed E-state index contributed by atoms with van der Waals surface area (Å²) in [5, 5.41) is 8.89. The molecule has 0 aliphatic rings. The van der Waals surface area contributed by atoms with E-state index in [9.17, 15) is 9.59 Å². The Morgan fingerprint density at radius 3 is 2.06 bits per heavy atom. The molecule has 0 aliphatic heterocycles. The molecule has 0 radical (unpaired) electrons. The Morgan fingerprint density at radius 1 is 0.889 bits per heavy atom. The summed E-state index contributed by atoms with van der Waals surface area (Å²) in [7, 11) is 0. The van der Waals surface area contributed by atoms with Gasteiger partial charge in [0.05, 0.1) is 5.56 Å². The molecular weight excluding hydrogens is 296 g/mol. The molecule has 0 heterocycles. The van der Waals surface area contributed by atoms with Crippen LogP contribution in [0.5, 0.6) is 0 Å². The SMILES string of the molecule is O=C(O)c1cccc(C(=O)c2cccc(Br)c2)c1. The minimum Gasteiger partial charge on any atom is -0.478 e. The van der Waals surface area contributed by atoms with Crippen LogP contribution < -0.4 is 0 Å². The lowest BCUT2D eigenvalue weighted by molar-refractivity contribution is 0.0697. The molecule has 1 N–H and O–H groups in total. The second-order valence-corrected chi connectivity index (χ2v) is 4.64. The number of benzene rings is 2. The van der Waals surface area contributed by atoms with Gasteiger partial charge < -0.3 is 5.11 Å². The molecule has 0 spiro atoms. The van der Waals surface area contributed by atoms with Gasteiger partial charge >= 0.3 is 5.97 Å². The van der Waals surface area contributed by atoms with E-state index in [2.05, 4.69) is 15.9 Å². The first-order valence-electron chi connectivity index (χ1n) is 5.21. The molecule has 0 bridgehead atoms. The van der Waals surface area contributed by atoms with Gasteiger partial charge in [-0.1, -0.05) is 40.2 Å². The van der Waals surface area contributed by atoms with Crippen molar-refractivity contribution in [2.45, 2.75) is 0 Å². The van der Waals surface area contributed by atoms with Crippen LogP contribution >= 0.6 is 15.9 Å². The van der Waals surface area contributed by atoms with Crippen molar-refractivity contribution in [1.29, 1.82) is 0 Å². The highest BCUT2D eigenvalue weighted by molar-refractivity contribution is 9.10. The number of hydrogen-bond acceptors (Lipinski definition) is 2. The van der Waals surface area contributed by atoms with Crippen LogP contribution in [0.4, 0.5) is 0 Å². The molecule has 0 aliphatic carbocycles. The Balaban J connectivity index is 2.40. The van der Waals surface area contributed by atoms with Crippen molar-refractivity contribution >= 4 is 27.7 Å². The number of carboxylic acids is 1. The van der Waals surface area contributed by atoms with Gasteiger partial charge in [-0.15, -0.1) is 0 Å². The van der Waals surface area contributed by atoms with E-state index in [1.807, 2.05) is 6.07 Å². The molecule has 18 heavy (non-hydrogen) atoms. The fourth-order valence-corrected chi connectivity index (χ4v) is 1.99. The molecule has 0 aromatic heterocycles. The standard InChI is InChI=1S/C14H9BrO3/c15-12-6-2-4-10(8-12)13(16)9-3-1-5-11(7-9)14(17)18/h1-8H,(H,17,18). The van der Waals surface area contributed by atoms with Crippen LogP contribution in [0.1, 0.15) is 26.3 Å². The number of rotatable bonds is 3. The summed E-state index contributed by atoms with van der Waals surface area (Å²) in [4.78, 5) is 23.0. The topological polar surface area (TPSA) is 54.4 Å². The van der Waals surface area contributed by atoms with Gasteiger partial charge in [-0.2, -0.15) is 0 Å². The lowest BCUT2D eigenvalue weighted by Gasteiger charge is -2.03. The molecule has 0 fully saturated rings. The van der Waals surface area contributed by atoms with Crippen LogP contribution in [-0.4, -0.2) is 16.9 Å². The van der Waals surface area contributed by atoms with Crippen molar-refractivity contribution < 1.29 is 14.7 Å². The molecule has 3 nitrogen and oxygen atoms in total. The maximum Gasteiger partial charge on any atom is 0.335 e. The maximum atomic E-state index is 12.2. The average Bonchev–Trinajstić information content (AvgIpc) is 2.38. The van der Waals surface area contributed by atoms with Crippen molar-refractivity contribution in [3.63, 3.8) is 0 Å². The number of hydrogen-bond donors (Lipinski definition) is 1. The molecule has 2 aromatic rings. The van der Waals surface area contributed by atoms with E-state index in [1.165, 1.54) is 12.1 Å². The third-order valence-corrected chi connectivity index (χ3v) is 2.95. The maximum absolute atomic E-state index is 12.2. The van der Waals surface area contributed by atoms with Gasteiger partial charge in [-0.05, 0) is 24.3 Å². The number of halogens is 1. The van der Waals surface area contributed by atoms with Crippen LogP contribution in [0.15, 0.2) is 53.0 Å². The van der Waals surface area contributed by atoms with Crippen LogP contribution in [-0.2, 0) is 0 Å². The zero-order chi connectivity index (χ0) is 13.1. The minimum absolute atomic E-state index is 0.107. The van der Waals surface area contributed by atoms with E-state index < -0.39 is 5.97 Å². The number of aromatic carboxylic acids is 1. The predicted octanol–water partition coefficient (Wildman–Crippen LogP) is 3.38. The number of carbonyl (C=O) groups excluding carboxylic acids is 1. The first-order valence-corrected chi connectivity index (χ1v) is 6.01. The highest BCUT2D eigenvalue weighted by Gasteiger charge is 2.11. The summed E-state index contributed by atoms with van der Waals surface area (Å²) in [6, 6.07) is 13.0. The highest BCUT2D eigenvalue weighted by atomic mass is 79.9. The van der Waals surface area contributed by atoms with Crippen molar-refractivity contribution in [2.24, 2.45) is 0 Å². The Bertz CT molecular complexity index is 620. The fraction of sp³-hybridized carbons (Fsp3) is 0. The lowest BCUT2D eigenvalue weighted by atomic mass is 10.0. The van der Waals surface area contributed by atoms with Crippen LogP contribution in [0.2, 0.25) is 0 Å². The first-order chi connectivity index (χ1) is 8.58. The van der Waals surface area contributed by atoms with Crippen molar-refractivity contribution in [2.75, 3.05) is 0 Å². The van der Waals surface area contributed by atoms with Crippen LogP contribution in [0.25, 0.3) is 0 Å². The molecule has 0 saturated carbocycles. The van der Waals surface area contributed by atoms with Gasteiger partial charge in [-0.25, -0.2) is 4.79 Å². The van der Waals surface area contributed by atoms with E-state index in [4.69, 9.17) is 5.11 Å². The Kier molecular flexibility index (Phi) is 3.58. The Labute approximate surface area is 112 Å². The van der Waals surface area contributed by atoms with Crippen molar-refractivity contribution in [1.82, 2.24) is 0 Å². The van der Waals surface area contributed by atoms with E-state index >= 15 is 0 Å². The molecule has 2 rings (SSSR count). The summed E-state index contributed by atoms with van der Waals surface area (Å²) >= 11 is 3.29. The smallest absolute Gasteiger partial charge is 0.335 e. The summed E-state index contributed by atoms with van der Waals surface area (Å²) < 4.78 is 0.808. The quantitative estimate of drug-likeness (QED) is 0.884. The van der Waals surface area contributed by atoms with Crippen LogP contribution in [0.3, 0.4) is 0 Å². The number of carboxylic acid groups (broad SMARTS) is 1. The van der Waals surface area contributed by atoms with E-state index in [0.717, 1.165) is 4.47 Å². The van der Waals surface area contributed by atoms with Gasteiger partial charge in [0.1, 0.15) is 0 Å². The molecule has 4 heteroatoms. The normalized spacial score (nSPS) is 10.1. The fourth-order valence-electron chi connectivity index (χ4n) is 1.59. The summed E-state index contributed by atoms with van der Waals surface area (Å²) in [5.74, 6) is -1.24. The molecule has 0 amide bonds. The molecular formula is C14H9BrO3. The predicted molar refractivity (Wildman–Crippen MR) is 71.0 cm³/mol. The zero-order valence-corrected chi connectivity index (χ0v) is 10.8. The number of ketones is 1. The molecule has 0 atom stereocenters. The first kappa shape index (κ1) is 12.5. The Morgan fingerprint density at radius 2 is 1.44 bits per heavy atom. The zero-order valence-electron chi connectivity index (χ0n) is 9.26. The summed E-state index contributed by atoms with van der Waals surface area (Å²) in [6.07, 6.45) is 0. The Hall–Kier alpha value is -1.94. The van der Waals surface area contributed by atoms with Gasteiger partial charge in [0.25, 0.3) is 0 Å². The molecule has 90 valence electrons. The van der Waals surface area contributed by atoms with E-state index in [0.29, 0.717) is 11.1 Å². The highest BCUT2D eigenvalue weighted by Crippen LogP contribution is 2.16. The van der Waals surface area contributed by atoms with Crippen LogP contribution in [0, 0.1) is 0 Å². The largest absolute Gasteiger partial charge is 0.478 e. The van der Waals surface area contributed by atoms with Gasteiger partial charge in [-0.3, -0.25) is 4.79 Å². The van der Waals surface area contributed by atoms with Crippen molar-refractivity contribution in [3.05, 3.63) is 69.7 Å². The second kappa shape index (κ2) is 5.14. The van der Waals surface area contributed by atoms with Gasteiger partial charge in [0.2, 0.25) is 0 Å².